The summed E-state index contributed by atoms with van der Waals surface area (Å²) in [6, 6.07) is 33.5. The number of carbonyl (C=O) groups is 3. The van der Waals surface area contributed by atoms with E-state index >= 15 is 0 Å². The number of ketones is 1. The van der Waals surface area contributed by atoms with Gasteiger partial charge in [0.25, 0.3) is 11.8 Å². The third-order valence-electron chi connectivity index (χ3n) is 7.92. The third-order valence-corrected chi connectivity index (χ3v) is 7.92. The molecule has 5 rings (SSSR count). The zero-order valence-electron chi connectivity index (χ0n) is 25.4. The Morgan fingerprint density at radius 1 is 0.756 bits per heavy atom. The van der Waals surface area contributed by atoms with Crippen LogP contribution >= 0.6 is 0 Å². The van der Waals surface area contributed by atoms with E-state index in [9.17, 15) is 19.5 Å². The monoisotopic (exact) mass is 599 g/mol. The standard InChI is InChI=1S/C38H37N3O4/c1-2-28(24-29-12-5-3-6-13-29)25-33(37(44)39-27-30-14-7-4-8-15-30)35(42)26-36(43)38(45)41-22-20-40(21-23-41)34-19-11-17-31-16-9-10-18-32(31)34/h2-19,25-26,42H,20-24,27H2,1H3,(H,39,44)/b28-2-,33-25-,35-26-. The molecule has 1 fully saturated rings. The Morgan fingerprint density at radius 2 is 1.38 bits per heavy atom. The van der Waals surface area contributed by atoms with E-state index < -0.39 is 23.4 Å². The van der Waals surface area contributed by atoms with Crippen LogP contribution in [-0.4, -0.2) is 53.8 Å². The number of fused-ring (bicyclic) bond motifs is 1. The average Bonchev–Trinajstić information content (AvgIpc) is 3.09. The quantitative estimate of drug-likeness (QED) is 0.102. The van der Waals surface area contributed by atoms with Gasteiger partial charge in [-0.25, -0.2) is 0 Å². The van der Waals surface area contributed by atoms with Crippen LogP contribution in [0.15, 0.2) is 138 Å². The minimum absolute atomic E-state index is 0.0862. The molecule has 0 saturated carbocycles. The number of piperazine rings is 1. The number of anilines is 1. The second-order valence-electron chi connectivity index (χ2n) is 10.9. The zero-order chi connectivity index (χ0) is 31.6. The van der Waals surface area contributed by atoms with Gasteiger partial charge in [-0.1, -0.05) is 103 Å². The van der Waals surface area contributed by atoms with E-state index in [4.69, 9.17) is 0 Å². The Hall–Kier alpha value is -5.43. The van der Waals surface area contributed by atoms with Gasteiger partial charge in [0.2, 0.25) is 5.78 Å². The van der Waals surface area contributed by atoms with Crippen LogP contribution in [0.3, 0.4) is 0 Å². The van der Waals surface area contributed by atoms with Crippen LogP contribution in [0.5, 0.6) is 0 Å². The lowest BCUT2D eigenvalue weighted by molar-refractivity contribution is -0.142. The number of nitrogens with one attached hydrogen (secondary N) is 1. The molecule has 4 aromatic rings. The lowest BCUT2D eigenvalue weighted by Crippen LogP contribution is -2.50. The van der Waals surface area contributed by atoms with Gasteiger partial charge in [0, 0.05) is 49.9 Å². The van der Waals surface area contributed by atoms with Crippen LogP contribution in [0.4, 0.5) is 5.69 Å². The molecule has 0 atom stereocenters. The average molecular weight is 600 g/mol. The molecule has 1 aliphatic rings. The minimum atomic E-state index is -0.877. The van der Waals surface area contributed by atoms with E-state index in [0.29, 0.717) is 32.6 Å². The number of hydrogen-bond acceptors (Lipinski definition) is 5. The van der Waals surface area contributed by atoms with Gasteiger partial charge >= 0.3 is 0 Å². The maximum Gasteiger partial charge on any atom is 0.294 e. The molecule has 1 aliphatic heterocycles. The van der Waals surface area contributed by atoms with Crippen molar-refractivity contribution in [2.45, 2.75) is 19.9 Å². The summed E-state index contributed by atoms with van der Waals surface area (Å²) in [5, 5.41) is 16.2. The van der Waals surface area contributed by atoms with Crippen molar-refractivity contribution < 1.29 is 19.5 Å². The molecule has 0 bridgehead atoms. The fourth-order valence-corrected chi connectivity index (χ4v) is 5.44. The molecule has 0 aliphatic carbocycles. The Bertz CT molecular complexity index is 1750. The van der Waals surface area contributed by atoms with Crippen LogP contribution in [0.2, 0.25) is 0 Å². The van der Waals surface area contributed by atoms with Gasteiger partial charge < -0.3 is 20.2 Å². The van der Waals surface area contributed by atoms with Crippen LogP contribution in [0.1, 0.15) is 18.1 Å². The molecule has 0 unspecified atom stereocenters. The molecule has 4 aromatic carbocycles. The molecular weight excluding hydrogens is 562 g/mol. The molecule has 0 spiro atoms. The molecule has 7 nitrogen and oxygen atoms in total. The highest BCUT2D eigenvalue weighted by atomic mass is 16.3. The van der Waals surface area contributed by atoms with Gasteiger partial charge in [-0.3, -0.25) is 14.4 Å². The van der Waals surface area contributed by atoms with Gasteiger partial charge in [0.15, 0.2) is 0 Å². The highest BCUT2D eigenvalue weighted by Gasteiger charge is 2.27. The number of benzene rings is 4. The first kappa shape index (κ1) is 31.0. The van der Waals surface area contributed by atoms with Crippen LogP contribution in [-0.2, 0) is 27.3 Å². The van der Waals surface area contributed by atoms with Crippen molar-refractivity contribution in [1.29, 1.82) is 0 Å². The van der Waals surface area contributed by atoms with Gasteiger partial charge in [0.05, 0.1) is 5.57 Å². The number of aliphatic hydroxyl groups excluding tert-OH is 1. The van der Waals surface area contributed by atoms with E-state index in [1.807, 2.05) is 91.9 Å². The summed E-state index contributed by atoms with van der Waals surface area (Å²) in [4.78, 5) is 43.4. The largest absolute Gasteiger partial charge is 0.507 e. The van der Waals surface area contributed by atoms with Crippen LogP contribution < -0.4 is 10.2 Å². The molecule has 1 saturated heterocycles. The fourth-order valence-electron chi connectivity index (χ4n) is 5.44. The summed E-state index contributed by atoms with van der Waals surface area (Å²) >= 11 is 0. The number of carbonyl (C=O) groups excluding carboxylic acids is 3. The lowest BCUT2D eigenvalue weighted by atomic mass is 10.0. The number of rotatable bonds is 10. The van der Waals surface area contributed by atoms with E-state index in [2.05, 4.69) is 34.5 Å². The number of allylic oxidation sites excluding steroid dienone is 3. The normalized spacial score (nSPS) is 14.4. The van der Waals surface area contributed by atoms with Crippen LogP contribution in [0.25, 0.3) is 10.8 Å². The SMILES string of the molecule is C\C=C(/C=C(C(=O)NCc1ccccc1)/C(O)=C/C(=O)C(=O)N1CCN(c2cccc3ccccc23)CC1)Cc1ccccc1. The smallest absolute Gasteiger partial charge is 0.294 e. The molecule has 0 aromatic heterocycles. The first-order valence-corrected chi connectivity index (χ1v) is 15.1. The Kier molecular flexibility index (Phi) is 10.2. The molecule has 2 N–H and O–H groups in total. The molecule has 1 heterocycles. The zero-order valence-corrected chi connectivity index (χ0v) is 25.4. The highest BCUT2D eigenvalue weighted by molar-refractivity contribution is 6.40. The Morgan fingerprint density at radius 3 is 2.07 bits per heavy atom. The predicted octanol–water partition coefficient (Wildman–Crippen LogP) is 5.93. The van der Waals surface area contributed by atoms with Crippen molar-refractivity contribution in [3.05, 3.63) is 149 Å². The highest BCUT2D eigenvalue weighted by Crippen LogP contribution is 2.27. The summed E-state index contributed by atoms with van der Waals surface area (Å²) in [5.41, 5.74) is 3.70. The van der Waals surface area contributed by atoms with Gasteiger partial charge in [-0.2, -0.15) is 0 Å². The third kappa shape index (κ3) is 7.95. The summed E-state index contributed by atoms with van der Waals surface area (Å²) in [6.45, 7) is 3.95. The summed E-state index contributed by atoms with van der Waals surface area (Å²) in [7, 11) is 0. The Balaban J connectivity index is 1.30. The van der Waals surface area contributed by atoms with Crippen molar-refractivity contribution in [1.82, 2.24) is 10.2 Å². The van der Waals surface area contributed by atoms with Gasteiger partial charge in [-0.05, 0) is 47.6 Å². The van der Waals surface area contributed by atoms with Crippen molar-refractivity contribution in [2.24, 2.45) is 0 Å². The summed E-state index contributed by atoms with van der Waals surface area (Å²) < 4.78 is 0. The minimum Gasteiger partial charge on any atom is -0.507 e. The summed E-state index contributed by atoms with van der Waals surface area (Å²) in [6.07, 6.45) is 4.81. The number of nitrogens with zero attached hydrogens (tertiary/aromatic N) is 2. The van der Waals surface area contributed by atoms with E-state index in [1.165, 1.54) is 4.90 Å². The Labute approximate surface area is 263 Å². The molecular formula is C38H37N3O4. The molecule has 7 heteroatoms. The number of amides is 2. The van der Waals surface area contributed by atoms with Crippen molar-refractivity contribution >= 4 is 34.1 Å². The summed E-state index contributed by atoms with van der Waals surface area (Å²) in [5.74, 6) is -2.69. The second kappa shape index (κ2) is 14.8. The maximum atomic E-state index is 13.4. The molecule has 0 radical (unpaired) electrons. The van der Waals surface area contributed by atoms with E-state index in [1.54, 1.807) is 6.08 Å². The topological polar surface area (TPSA) is 89.9 Å². The first-order valence-electron chi connectivity index (χ1n) is 15.1. The second-order valence-corrected chi connectivity index (χ2v) is 10.9. The van der Waals surface area contributed by atoms with Gasteiger partial charge in [-0.15, -0.1) is 0 Å². The molecule has 45 heavy (non-hydrogen) atoms. The lowest BCUT2D eigenvalue weighted by Gasteiger charge is -2.36. The first-order chi connectivity index (χ1) is 21.9. The van der Waals surface area contributed by atoms with Crippen molar-refractivity contribution in [3.8, 4) is 0 Å². The fraction of sp³-hybridized carbons (Fsp3) is 0.184. The predicted molar refractivity (Wildman–Crippen MR) is 179 cm³/mol. The molecule has 228 valence electrons. The van der Waals surface area contributed by atoms with Crippen LogP contribution in [0, 0.1) is 0 Å². The maximum absolute atomic E-state index is 13.4. The van der Waals surface area contributed by atoms with Crippen molar-refractivity contribution in [2.75, 3.05) is 31.1 Å². The van der Waals surface area contributed by atoms with E-state index in [-0.39, 0.29) is 12.1 Å². The number of aliphatic hydroxyl groups is 1. The van der Waals surface area contributed by atoms with Crippen molar-refractivity contribution in [3.63, 3.8) is 0 Å². The van der Waals surface area contributed by atoms with Gasteiger partial charge in [0.1, 0.15) is 5.76 Å². The number of hydrogen-bond donors (Lipinski definition) is 2. The molecule has 2 amide bonds. The van der Waals surface area contributed by atoms with E-state index in [0.717, 1.165) is 39.2 Å².